The standard InChI is InChI=1S/C14H20O3/c1-2-3-4-5-8-11-17-13-10-7-6-9-12(13)14(15)16/h6-7,9-10H,2-5,8,11H2,1H3,(H,15,16)/p-1. The van der Waals surface area contributed by atoms with Gasteiger partial charge in [0.1, 0.15) is 5.75 Å². The van der Waals surface area contributed by atoms with Gasteiger partial charge >= 0.3 is 0 Å². The highest BCUT2D eigenvalue weighted by Gasteiger charge is 2.02. The van der Waals surface area contributed by atoms with E-state index >= 15 is 0 Å². The molecule has 0 fully saturated rings. The smallest absolute Gasteiger partial charge is 0.128 e. The molecule has 0 saturated heterocycles. The molecule has 0 N–H and O–H groups in total. The van der Waals surface area contributed by atoms with Gasteiger partial charge in [-0.05, 0) is 18.6 Å². The predicted molar refractivity (Wildman–Crippen MR) is 65.0 cm³/mol. The van der Waals surface area contributed by atoms with Crippen molar-refractivity contribution in [3.8, 4) is 5.75 Å². The fourth-order valence-corrected chi connectivity index (χ4v) is 1.65. The Bertz CT molecular complexity index is 347. The zero-order valence-corrected chi connectivity index (χ0v) is 10.3. The zero-order valence-electron chi connectivity index (χ0n) is 10.3. The number of ether oxygens (including phenoxy) is 1. The molecule has 0 aliphatic heterocycles. The number of carboxylic acids is 1. The summed E-state index contributed by atoms with van der Waals surface area (Å²) in [5, 5.41) is 10.8. The molecule has 0 atom stereocenters. The Kier molecular flexibility index (Phi) is 6.15. The second-order valence-electron chi connectivity index (χ2n) is 4.05. The largest absolute Gasteiger partial charge is 0.545 e. The number of hydrogen-bond acceptors (Lipinski definition) is 3. The van der Waals surface area contributed by atoms with Gasteiger partial charge in [-0.3, -0.25) is 0 Å². The first-order valence-corrected chi connectivity index (χ1v) is 6.19. The summed E-state index contributed by atoms with van der Waals surface area (Å²) in [6.45, 7) is 2.74. The second-order valence-corrected chi connectivity index (χ2v) is 4.05. The van der Waals surface area contributed by atoms with E-state index < -0.39 is 5.97 Å². The minimum atomic E-state index is -1.19. The van der Waals surface area contributed by atoms with Gasteiger partial charge in [-0.2, -0.15) is 0 Å². The Morgan fingerprint density at radius 2 is 1.88 bits per heavy atom. The van der Waals surface area contributed by atoms with Gasteiger partial charge in [0.15, 0.2) is 0 Å². The molecule has 0 saturated carbocycles. The highest BCUT2D eigenvalue weighted by atomic mass is 16.5. The number of carbonyl (C=O) groups excluding carboxylic acids is 1. The van der Waals surface area contributed by atoms with Gasteiger partial charge in [0.2, 0.25) is 0 Å². The average molecular weight is 235 g/mol. The quantitative estimate of drug-likeness (QED) is 0.650. The summed E-state index contributed by atoms with van der Waals surface area (Å²) in [4.78, 5) is 10.8. The summed E-state index contributed by atoms with van der Waals surface area (Å²) in [7, 11) is 0. The van der Waals surface area contributed by atoms with Crippen molar-refractivity contribution >= 4 is 5.97 Å². The van der Waals surface area contributed by atoms with Crippen LogP contribution in [0, 0.1) is 0 Å². The maximum absolute atomic E-state index is 10.8. The molecule has 0 aromatic heterocycles. The molecule has 94 valence electrons. The molecule has 1 rings (SSSR count). The van der Waals surface area contributed by atoms with E-state index in [1.807, 2.05) is 0 Å². The van der Waals surface area contributed by atoms with Crippen molar-refractivity contribution in [2.75, 3.05) is 6.61 Å². The molecule has 0 amide bonds. The summed E-state index contributed by atoms with van der Waals surface area (Å²) in [5.41, 5.74) is 0.126. The lowest BCUT2D eigenvalue weighted by Crippen LogP contribution is -2.23. The van der Waals surface area contributed by atoms with E-state index in [0.717, 1.165) is 12.8 Å². The van der Waals surface area contributed by atoms with E-state index in [-0.39, 0.29) is 5.56 Å². The summed E-state index contributed by atoms with van der Waals surface area (Å²) in [5.74, 6) is -0.783. The van der Waals surface area contributed by atoms with E-state index in [0.29, 0.717) is 12.4 Å². The third-order valence-corrected chi connectivity index (χ3v) is 2.61. The molecule has 0 spiro atoms. The van der Waals surface area contributed by atoms with Gasteiger partial charge in [0.25, 0.3) is 0 Å². The molecule has 0 bridgehead atoms. The molecule has 3 nitrogen and oxygen atoms in total. The fourth-order valence-electron chi connectivity index (χ4n) is 1.65. The Balaban J connectivity index is 2.34. The van der Waals surface area contributed by atoms with Crippen LogP contribution in [0.3, 0.4) is 0 Å². The van der Waals surface area contributed by atoms with E-state index in [2.05, 4.69) is 6.92 Å². The topological polar surface area (TPSA) is 49.4 Å². The first-order chi connectivity index (χ1) is 8.25. The molecule has 0 aliphatic rings. The Hall–Kier alpha value is -1.51. The molecule has 1 aromatic rings. The Morgan fingerprint density at radius 1 is 1.18 bits per heavy atom. The molecular weight excluding hydrogens is 216 g/mol. The van der Waals surface area contributed by atoms with Gasteiger partial charge in [0.05, 0.1) is 12.6 Å². The van der Waals surface area contributed by atoms with Crippen LogP contribution in [0.5, 0.6) is 5.75 Å². The second kappa shape index (κ2) is 7.71. The predicted octanol–water partition coefficient (Wildman–Crippen LogP) is 2.40. The molecule has 0 radical (unpaired) electrons. The number of carbonyl (C=O) groups is 1. The summed E-state index contributed by atoms with van der Waals surface area (Å²) >= 11 is 0. The zero-order chi connectivity index (χ0) is 12.5. The highest BCUT2D eigenvalue weighted by molar-refractivity contribution is 5.89. The van der Waals surface area contributed by atoms with Crippen LogP contribution in [0.15, 0.2) is 24.3 Å². The third-order valence-electron chi connectivity index (χ3n) is 2.61. The number of para-hydroxylation sites is 1. The normalized spacial score (nSPS) is 10.2. The first kappa shape index (κ1) is 13.6. The highest BCUT2D eigenvalue weighted by Crippen LogP contribution is 2.17. The maximum Gasteiger partial charge on any atom is 0.128 e. The van der Waals surface area contributed by atoms with Crippen molar-refractivity contribution in [2.24, 2.45) is 0 Å². The van der Waals surface area contributed by atoms with Crippen molar-refractivity contribution in [3.63, 3.8) is 0 Å². The number of rotatable bonds is 8. The molecule has 1 aromatic carbocycles. The third kappa shape index (κ3) is 4.89. The lowest BCUT2D eigenvalue weighted by atomic mass is 10.1. The lowest BCUT2D eigenvalue weighted by molar-refractivity contribution is -0.255. The van der Waals surface area contributed by atoms with Crippen LogP contribution < -0.4 is 9.84 Å². The van der Waals surface area contributed by atoms with Crippen LogP contribution in [0.25, 0.3) is 0 Å². The first-order valence-electron chi connectivity index (χ1n) is 6.19. The Labute approximate surface area is 102 Å². The van der Waals surface area contributed by atoms with Crippen LogP contribution in [0.2, 0.25) is 0 Å². The Morgan fingerprint density at radius 3 is 2.59 bits per heavy atom. The van der Waals surface area contributed by atoms with Crippen LogP contribution >= 0.6 is 0 Å². The number of hydrogen-bond donors (Lipinski definition) is 0. The SMILES string of the molecule is CCCCCCCOc1ccccc1C(=O)[O-]. The monoisotopic (exact) mass is 235 g/mol. The van der Waals surface area contributed by atoms with Crippen LogP contribution in [0.1, 0.15) is 49.4 Å². The molecule has 0 heterocycles. The van der Waals surface area contributed by atoms with Crippen molar-refractivity contribution in [1.82, 2.24) is 0 Å². The van der Waals surface area contributed by atoms with Gasteiger partial charge in [-0.15, -0.1) is 0 Å². The molecule has 17 heavy (non-hydrogen) atoms. The van der Waals surface area contributed by atoms with Crippen molar-refractivity contribution in [3.05, 3.63) is 29.8 Å². The van der Waals surface area contributed by atoms with Crippen molar-refractivity contribution in [2.45, 2.75) is 39.0 Å². The van der Waals surface area contributed by atoms with Crippen LogP contribution in [-0.2, 0) is 0 Å². The van der Waals surface area contributed by atoms with Gasteiger partial charge in [-0.1, -0.05) is 44.7 Å². The minimum Gasteiger partial charge on any atom is -0.545 e. The number of benzene rings is 1. The van der Waals surface area contributed by atoms with E-state index in [1.165, 1.54) is 25.3 Å². The molecule has 0 aliphatic carbocycles. The van der Waals surface area contributed by atoms with Gasteiger partial charge < -0.3 is 14.6 Å². The number of unbranched alkanes of at least 4 members (excludes halogenated alkanes) is 4. The van der Waals surface area contributed by atoms with E-state index in [9.17, 15) is 9.90 Å². The van der Waals surface area contributed by atoms with E-state index in [4.69, 9.17) is 4.74 Å². The van der Waals surface area contributed by atoms with Gasteiger partial charge in [-0.25, -0.2) is 0 Å². The van der Waals surface area contributed by atoms with Gasteiger partial charge in [0, 0.05) is 5.56 Å². The van der Waals surface area contributed by atoms with Crippen molar-refractivity contribution < 1.29 is 14.6 Å². The fraction of sp³-hybridized carbons (Fsp3) is 0.500. The molecule has 3 heteroatoms. The summed E-state index contributed by atoms with van der Waals surface area (Å²) in [6, 6.07) is 6.59. The van der Waals surface area contributed by atoms with Crippen LogP contribution in [-0.4, -0.2) is 12.6 Å². The number of aromatic carboxylic acids is 1. The number of carboxylic acid groups (broad SMARTS) is 1. The molecular formula is C14H19O3-. The summed E-state index contributed by atoms with van der Waals surface area (Å²) in [6.07, 6.45) is 5.76. The molecule has 0 unspecified atom stereocenters. The summed E-state index contributed by atoms with van der Waals surface area (Å²) < 4.78 is 5.46. The van der Waals surface area contributed by atoms with Crippen LogP contribution in [0.4, 0.5) is 0 Å². The minimum absolute atomic E-state index is 0.126. The average Bonchev–Trinajstić information content (AvgIpc) is 2.34. The van der Waals surface area contributed by atoms with Crippen molar-refractivity contribution in [1.29, 1.82) is 0 Å². The maximum atomic E-state index is 10.8. The lowest BCUT2D eigenvalue weighted by Gasteiger charge is -2.11. The van der Waals surface area contributed by atoms with E-state index in [1.54, 1.807) is 18.2 Å².